The van der Waals surface area contributed by atoms with Crippen LogP contribution in [0.3, 0.4) is 0 Å². The van der Waals surface area contributed by atoms with Gasteiger partial charge in [0.1, 0.15) is 0 Å². The largest absolute Gasteiger partial charge is 0.372 e. The number of anilines is 3. The van der Waals surface area contributed by atoms with Gasteiger partial charge in [-0.1, -0.05) is 6.07 Å². The first-order valence-electron chi connectivity index (χ1n) is 8.99. The zero-order valence-corrected chi connectivity index (χ0v) is 15.7. The van der Waals surface area contributed by atoms with Crippen LogP contribution < -0.4 is 15.5 Å². The number of hydrogen-bond donors (Lipinski definition) is 2. The lowest BCUT2D eigenvalue weighted by Gasteiger charge is -2.21. The van der Waals surface area contributed by atoms with Crippen LogP contribution in [0.2, 0.25) is 0 Å². The van der Waals surface area contributed by atoms with Gasteiger partial charge in [-0.2, -0.15) is 0 Å². The predicted octanol–water partition coefficient (Wildman–Crippen LogP) is 4.01. The molecular weight excluding hydrogens is 326 g/mol. The van der Waals surface area contributed by atoms with Crippen LogP contribution in [-0.4, -0.2) is 24.9 Å². The molecule has 3 rings (SSSR count). The summed E-state index contributed by atoms with van der Waals surface area (Å²) in [5, 5.41) is 5.77. The Morgan fingerprint density at radius 3 is 2.35 bits per heavy atom. The van der Waals surface area contributed by atoms with Crippen LogP contribution in [0.1, 0.15) is 43.6 Å². The van der Waals surface area contributed by atoms with Crippen molar-refractivity contribution in [1.82, 2.24) is 0 Å². The van der Waals surface area contributed by atoms with Gasteiger partial charge in [0.15, 0.2) is 0 Å². The summed E-state index contributed by atoms with van der Waals surface area (Å²) in [6.45, 7) is 9.88. The summed E-state index contributed by atoms with van der Waals surface area (Å²) in [4.78, 5) is 26.8. The molecule has 0 fully saturated rings. The topological polar surface area (TPSA) is 61.4 Å². The lowest BCUT2D eigenvalue weighted by Crippen LogP contribution is -2.26. The molecule has 1 aliphatic heterocycles. The molecule has 0 spiro atoms. The standard InChI is InChI=1S/C21H25N3O2/c1-5-24(6-2)16-10-8-15(9-11-16)22-19(25)14-7-12-17-18(13-14)23-20(26)21(17,3)4/h7-13H,5-6H2,1-4H3,(H,22,25)(H,23,26). The van der Waals surface area contributed by atoms with Crippen LogP contribution in [-0.2, 0) is 10.2 Å². The first-order chi connectivity index (χ1) is 12.4. The number of benzene rings is 2. The third kappa shape index (κ3) is 3.17. The van der Waals surface area contributed by atoms with Crippen molar-refractivity contribution in [3.63, 3.8) is 0 Å². The van der Waals surface area contributed by atoms with E-state index < -0.39 is 5.41 Å². The molecule has 0 aromatic heterocycles. The van der Waals surface area contributed by atoms with Crippen LogP contribution in [0.4, 0.5) is 17.1 Å². The Morgan fingerprint density at radius 1 is 1.08 bits per heavy atom. The van der Waals surface area contributed by atoms with E-state index >= 15 is 0 Å². The maximum atomic E-state index is 12.6. The van der Waals surface area contributed by atoms with Gasteiger partial charge in [0.25, 0.3) is 5.91 Å². The van der Waals surface area contributed by atoms with Crippen LogP contribution >= 0.6 is 0 Å². The van der Waals surface area contributed by atoms with Crippen LogP contribution in [0.5, 0.6) is 0 Å². The van der Waals surface area contributed by atoms with E-state index in [1.807, 2.05) is 44.2 Å². The molecule has 136 valence electrons. The molecule has 0 saturated heterocycles. The summed E-state index contributed by atoms with van der Waals surface area (Å²) >= 11 is 0. The molecule has 0 saturated carbocycles. The maximum absolute atomic E-state index is 12.6. The molecular formula is C21H25N3O2. The molecule has 0 atom stereocenters. The first kappa shape index (κ1) is 18.0. The van der Waals surface area contributed by atoms with E-state index in [2.05, 4.69) is 29.4 Å². The number of carbonyl (C=O) groups excluding carboxylic acids is 2. The van der Waals surface area contributed by atoms with E-state index in [1.54, 1.807) is 12.1 Å². The summed E-state index contributed by atoms with van der Waals surface area (Å²) in [7, 11) is 0. The van der Waals surface area contributed by atoms with Gasteiger partial charge in [0, 0.05) is 35.7 Å². The highest BCUT2D eigenvalue weighted by atomic mass is 16.2. The fraction of sp³-hybridized carbons (Fsp3) is 0.333. The minimum atomic E-state index is -0.565. The summed E-state index contributed by atoms with van der Waals surface area (Å²) in [5.41, 5.74) is 3.47. The molecule has 26 heavy (non-hydrogen) atoms. The van der Waals surface area contributed by atoms with Gasteiger partial charge >= 0.3 is 0 Å². The van der Waals surface area contributed by atoms with E-state index in [4.69, 9.17) is 0 Å². The maximum Gasteiger partial charge on any atom is 0.255 e. The minimum Gasteiger partial charge on any atom is -0.372 e. The number of rotatable bonds is 5. The Bertz CT molecular complexity index is 837. The van der Waals surface area contributed by atoms with Crippen LogP contribution in [0.25, 0.3) is 0 Å². The predicted molar refractivity (Wildman–Crippen MR) is 106 cm³/mol. The van der Waals surface area contributed by atoms with Gasteiger partial charge in [-0.15, -0.1) is 0 Å². The Kier molecular flexibility index (Phi) is 4.72. The Balaban J connectivity index is 1.75. The smallest absolute Gasteiger partial charge is 0.255 e. The van der Waals surface area contributed by atoms with E-state index in [9.17, 15) is 9.59 Å². The van der Waals surface area contributed by atoms with Gasteiger partial charge in [-0.25, -0.2) is 0 Å². The van der Waals surface area contributed by atoms with Crippen molar-refractivity contribution < 1.29 is 9.59 Å². The lowest BCUT2D eigenvalue weighted by molar-refractivity contribution is -0.119. The van der Waals surface area contributed by atoms with E-state index in [0.29, 0.717) is 11.3 Å². The number of hydrogen-bond acceptors (Lipinski definition) is 3. The fourth-order valence-corrected chi connectivity index (χ4v) is 3.28. The third-order valence-electron chi connectivity index (χ3n) is 5.02. The van der Waals surface area contributed by atoms with Gasteiger partial charge in [-0.3, -0.25) is 9.59 Å². The summed E-state index contributed by atoms with van der Waals surface area (Å²) in [5.74, 6) is -0.237. The monoisotopic (exact) mass is 351 g/mol. The molecule has 0 bridgehead atoms. The van der Waals surface area contributed by atoms with Crippen molar-refractivity contribution in [3.8, 4) is 0 Å². The van der Waals surface area contributed by atoms with Crippen molar-refractivity contribution in [2.24, 2.45) is 0 Å². The van der Waals surface area contributed by atoms with E-state index in [0.717, 1.165) is 30.0 Å². The average molecular weight is 351 g/mol. The van der Waals surface area contributed by atoms with Crippen LogP contribution in [0, 0.1) is 0 Å². The molecule has 0 unspecified atom stereocenters. The van der Waals surface area contributed by atoms with Crippen LogP contribution in [0.15, 0.2) is 42.5 Å². The molecule has 2 amide bonds. The summed E-state index contributed by atoms with van der Waals surface area (Å²) in [6, 6.07) is 13.2. The van der Waals surface area contributed by atoms with Crippen molar-refractivity contribution in [2.75, 3.05) is 28.6 Å². The molecule has 2 aromatic carbocycles. The number of fused-ring (bicyclic) bond motifs is 1. The van der Waals surface area contributed by atoms with Crippen molar-refractivity contribution in [3.05, 3.63) is 53.6 Å². The highest BCUT2D eigenvalue weighted by molar-refractivity contribution is 6.09. The molecule has 1 aliphatic rings. The van der Waals surface area contributed by atoms with Gasteiger partial charge in [-0.05, 0) is 69.7 Å². The third-order valence-corrected chi connectivity index (χ3v) is 5.02. The molecule has 1 heterocycles. The highest BCUT2D eigenvalue weighted by Crippen LogP contribution is 2.37. The van der Waals surface area contributed by atoms with Gasteiger partial charge in [0.05, 0.1) is 5.41 Å². The van der Waals surface area contributed by atoms with Crippen molar-refractivity contribution in [1.29, 1.82) is 0 Å². The number of amides is 2. The molecule has 2 N–H and O–H groups in total. The second kappa shape index (κ2) is 6.83. The SMILES string of the molecule is CCN(CC)c1ccc(NC(=O)c2ccc3c(c2)NC(=O)C3(C)C)cc1. The Morgan fingerprint density at radius 2 is 1.73 bits per heavy atom. The normalized spacial score (nSPS) is 14.5. The average Bonchev–Trinajstić information content (AvgIpc) is 2.86. The second-order valence-corrected chi connectivity index (χ2v) is 7.01. The molecule has 5 nitrogen and oxygen atoms in total. The van der Waals surface area contributed by atoms with Gasteiger partial charge in [0.2, 0.25) is 5.91 Å². The van der Waals surface area contributed by atoms with Crippen molar-refractivity contribution in [2.45, 2.75) is 33.1 Å². The molecule has 5 heteroatoms. The zero-order chi connectivity index (χ0) is 18.9. The number of nitrogens with one attached hydrogen (secondary N) is 2. The second-order valence-electron chi connectivity index (χ2n) is 7.01. The number of carbonyl (C=O) groups is 2. The fourth-order valence-electron chi connectivity index (χ4n) is 3.28. The summed E-state index contributed by atoms with van der Waals surface area (Å²) in [6.07, 6.45) is 0. The van der Waals surface area contributed by atoms with Crippen molar-refractivity contribution >= 4 is 28.9 Å². The zero-order valence-electron chi connectivity index (χ0n) is 15.7. The molecule has 0 radical (unpaired) electrons. The minimum absolute atomic E-state index is 0.0444. The van der Waals surface area contributed by atoms with E-state index in [-0.39, 0.29) is 11.8 Å². The van der Waals surface area contributed by atoms with Gasteiger partial charge < -0.3 is 15.5 Å². The molecule has 0 aliphatic carbocycles. The molecule has 2 aromatic rings. The summed E-state index contributed by atoms with van der Waals surface area (Å²) < 4.78 is 0. The Labute approximate surface area is 154 Å². The highest BCUT2D eigenvalue weighted by Gasteiger charge is 2.38. The first-order valence-corrected chi connectivity index (χ1v) is 8.99. The lowest BCUT2D eigenvalue weighted by atomic mass is 9.86. The quantitative estimate of drug-likeness (QED) is 0.855. The van der Waals surface area contributed by atoms with E-state index in [1.165, 1.54) is 0 Å². The Hall–Kier alpha value is -2.82. The number of nitrogens with zero attached hydrogens (tertiary/aromatic N) is 1.